The molecule has 0 aliphatic rings. The van der Waals surface area contributed by atoms with Crippen molar-refractivity contribution in [1.29, 1.82) is 0 Å². The molecule has 0 saturated carbocycles. The molecule has 1 aromatic carbocycles. The topological polar surface area (TPSA) is 52.4 Å². The van der Waals surface area contributed by atoms with Crippen LogP contribution >= 0.6 is 23.2 Å². The Morgan fingerprint density at radius 2 is 1.81 bits per heavy atom. The molecule has 0 amide bonds. The fourth-order valence-corrected chi connectivity index (χ4v) is 1.28. The van der Waals surface area contributed by atoms with E-state index in [0.29, 0.717) is 12.1 Å². The van der Waals surface area contributed by atoms with Crippen LogP contribution in [0.15, 0.2) is 12.1 Å². The van der Waals surface area contributed by atoms with Gasteiger partial charge in [0.2, 0.25) is 0 Å². The van der Waals surface area contributed by atoms with Crippen LogP contribution in [0.2, 0.25) is 10.0 Å². The lowest BCUT2D eigenvalue weighted by Gasteiger charge is -2.10. The highest BCUT2D eigenvalue weighted by molar-refractivity contribution is 6.35. The van der Waals surface area contributed by atoms with Crippen molar-refractivity contribution in [2.45, 2.75) is 6.36 Å². The molecule has 9 heteroatoms. The first-order chi connectivity index (χ1) is 7.20. The summed E-state index contributed by atoms with van der Waals surface area (Å²) in [6.07, 6.45) is -4.94. The number of benzene rings is 1. The summed E-state index contributed by atoms with van der Waals surface area (Å²) < 4.78 is 39.1. The molecule has 0 N–H and O–H groups in total. The molecular formula is C7H2Cl2F3NO3. The average molecular weight is 276 g/mol. The maximum absolute atomic E-state index is 11.9. The first kappa shape index (κ1) is 12.9. The van der Waals surface area contributed by atoms with Gasteiger partial charge in [0.05, 0.1) is 9.95 Å². The van der Waals surface area contributed by atoms with Gasteiger partial charge in [-0.15, -0.1) is 13.2 Å². The summed E-state index contributed by atoms with van der Waals surface area (Å²) in [5, 5.41) is 9.33. The molecule has 0 aliphatic carbocycles. The maximum Gasteiger partial charge on any atom is 0.573 e. The minimum Gasteiger partial charge on any atom is -0.404 e. The van der Waals surface area contributed by atoms with E-state index >= 15 is 0 Å². The molecule has 0 radical (unpaired) electrons. The second-order valence-corrected chi connectivity index (χ2v) is 3.35. The lowest BCUT2D eigenvalue weighted by Crippen LogP contribution is -2.17. The highest BCUT2D eigenvalue weighted by atomic mass is 35.5. The summed E-state index contributed by atoms with van der Waals surface area (Å²) >= 11 is 10.7. The van der Waals surface area contributed by atoms with Crippen LogP contribution in [0.1, 0.15) is 0 Å². The third-order valence-electron chi connectivity index (χ3n) is 1.42. The van der Waals surface area contributed by atoms with Gasteiger partial charge in [0.15, 0.2) is 0 Å². The largest absolute Gasteiger partial charge is 0.573 e. The Morgan fingerprint density at radius 3 is 2.25 bits per heavy atom. The van der Waals surface area contributed by atoms with Gasteiger partial charge in [0.1, 0.15) is 10.8 Å². The van der Waals surface area contributed by atoms with Gasteiger partial charge in [0, 0.05) is 12.1 Å². The Kier molecular flexibility index (Phi) is 3.49. The molecule has 1 aromatic rings. The number of hydrogen-bond acceptors (Lipinski definition) is 3. The second kappa shape index (κ2) is 4.34. The quantitative estimate of drug-likeness (QED) is 0.609. The second-order valence-electron chi connectivity index (χ2n) is 2.54. The number of nitro groups is 1. The molecule has 0 bridgehead atoms. The first-order valence-electron chi connectivity index (χ1n) is 3.60. The van der Waals surface area contributed by atoms with Crippen LogP contribution in [0.5, 0.6) is 5.75 Å². The summed E-state index contributed by atoms with van der Waals surface area (Å²) in [5.41, 5.74) is -0.596. The van der Waals surface area contributed by atoms with E-state index < -0.39 is 32.8 Å². The Bertz CT molecular complexity index is 436. The van der Waals surface area contributed by atoms with Crippen molar-refractivity contribution in [3.63, 3.8) is 0 Å². The summed E-state index contributed by atoms with van der Waals surface area (Å²) in [4.78, 5) is 9.50. The van der Waals surface area contributed by atoms with Crippen molar-refractivity contribution >= 4 is 28.9 Å². The summed E-state index contributed by atoms with van der Waals surface area (Å²) in [6.45, 7) is 0. The number of rotatable bonds is 2. The van der Waals surface area contributed by atoms with Crippen LogP contribution in [0, 0.1) is 10.1 Å². The molecule has 1 rings (SSSR count). The first-order valence-corrected chi connectivity index (χ1v) is 4.35. The van der Waals surface area contributed by atoms with Gasteiger partial charge in [-0.25, -0.2) is 0 Å². The number of hydrogen-bond donors (Lipinski definition) is 0. The summed E-state index contributed by atoms with van der Waals surface area (Å²) in [5.74, 6) is -0.787. The van der Waals surface area contributed by atoms with Gasteiger partial charge in [-0.2, -0.15) is 0 Å². The monoisotopic (exact) mass is 275 g/mol. The molecule has 4 nitrogen and oxygen atoms in total. The van der Waals surface area contributed by atoms with Gasteiger partial charge in [0.25, 0.3) is 5.69 Å². The third-order valence-corrected chi connectivity index (χ3v) is 2.02. The zero-order valence-corrected chi connectivity index (χ0v) is 8.73. The lowest BCUT2D eigenvalue weighted by molar-refractivity contribution is -0.384. The van der Waals surface area contributed by atoms with E-state index in [1.807, 2.05) is 0 Å². The standard InChI is InChI=1S/C7H2Cl2F3NO3/c8-3-2-6(16-7(10,11)12)4(9)1-5(3)13(14)15/h1-2H. The fraction of sp³-hybridized carbons (Fsp3) is 0.143. The molecular weight excluding hydrogens is 274 g/mol. The average Bonchev–Trinajstić information content (AvgIpc) is 2.07. The molecule has 88 valence electrons. The van der Waals surface area contributed by atoms with Crippen molar-refractivity contribution in [2.24, 2.45) is 0 Å². The van der Waals surface area contributed by atoms with Crippen molar-refractivity contribution in [3.05, 3.63) is 32.3 Å². The number of alkyl halides is 3. The summed E-state index contributed by atoms with van der Waals surface area (Å²) in [6, 6.07) is 1.32. The van der Waals surface area contributed by atoms with Crippen LogP contribution in [-0.4, -0.2) is 11.3 Å². The Hall–Kier alpha value is -1.21. The third kappa shape index (κ3) is 3.14. The Balaban J connectivity index is 3.16. The van der Waals surface area contributed by atoms with Gasteiger partial charge in [-0.3, -0.25) is 10.1 Å². The number of nitro benzene ring substituents is 1. The number of ether oxygens (including phenoxy) is 1. The van der Waals surface area contributed by atoms with Gasteiger partial charge in [-0.1, -0.05) is 23.2 Å². The van der Waals surface area contributed by atoms with Crippen molar-refractivity contribution < 1.29 is 22.8 Å². The zero-order chi connectivity index (χ0) is 12.5. The van der Waals surface area contributed by atoms with E-state index in [4.69, 9.17) is 23.2 Å². The number of halogens is 5. The van der Waals surface area contributed by atoms with Gasteiger partial charge >= 0.3 is 6.36 Å². The van der Waals surface area contributed by atoms with E-state index in [1.165, 1.54) is 0 Å². The molecule has 0 fully saturated rings. The zero-order valence-electron chi connectivity index (χ0n) is 7.22. The van der Waals surface area contributed by atoms with E-state index in [1.54, 1.807) is 0 Å². The smallest absolute Gasteiger partial charge is 0.404 e. The normalized spacial score (nSPS) is 11.3. The highest BCUT2D eigenvalue weighted by Gasteiger charge is 2.33. The van der Waals surface area contributed by atoms with Crippen LogP contribution in [-0.2, 0) is 0 Å². The van der Waals surface area contributed by atoms with Crippen molar-refractivity contribution in [1.82, 2.24) is 0 Å². The van der Waals surface area contributed by atoms with Crippen molar-refractivity contribution in [3.8, 4) is 5.75 Å². The molecule has 0 aliphatic heterocycles. The Labute approximate surface area is 96.7 Å². The Morgan fingerprint density at radius 1 is 1.25 bits per heavy atom. The maximum atomic E-state index is 11.9. The number of nitrogens with zero attached hydrogens (tertiary/aromatic N) is 1. The lowest BCUT2D eigenvalue weighted by atomic mass is 10.3. The molecule has 0 heterocycles. The molecule has 16 heavy (non-hydrogen) atoms. The minimum absolute atomic E-state index is 0.492. The fourth-order valence-electron chi connectivity index (χ4n) is 0.861. The van der Waals surface area contributed by atoms with E-state index in [9.17, 15) is 23.3 Å². The molecule has 0 unspecified atom stereocenters. The van der Waals surface area contributed by atoms with E-state index in [2.05, 4.69) is 4.74 Å². The summed E-state index contributed by atoms with van der Waals surface area (Å²) in [7, 11) is 0. The van der Waals surface area contributed by atoms with Crippen LogP contribution in [0.3, 0.4) is 0 Å². The highest BCUT2D eigenvalue weighted by Crippen LogP contribution is 2.37. The van der Waals surface area contributed by atoms with E-state index in [-0.39, 0.29) is 0 Å². The predicted molar refractivity (Wildman–Crippen MR) is 49.8 cm³/mol. The van der Waals surface area contributed by atoms with E-state index in [0.717, 1.165) is 0 Å². The molecule has 0 aromatic heterocycles. The molecule has 0 saturated heterocycles. The predicted octanol–water partition coefficient (Wildman–Crippen LogP) is 3.80. The van der Waals surface area contributed by atoms with Crippen LogP contribution in [0.4, 0.5) is 18.9 Å². The van der Waals surface area contributed by atoms with Gasteiger partial charge < -0.3 is 4.74 Å². The molecule has 0 spiro atoms. The van der Waals surface area contributed by atoms with Crippen LogP contribution in [0.25, 0.3) is 0 Å². The van der Waals surface area contributed by atoms with Gasteiger partial charge in [-0.05, 0) is 0 Å². The SMILES string of the molecule is O=[N+]([O-])c1cc(Cl)c(OC(F)(F)F)cc1Cl. The van der Waals surface area contributed by atoms with Crippen LogP contribution < -0.4 is 4.74 Å². The minimum atomic E-state index is -4.94. The van der Waals surface area contributed by atoms with Crippen molar-refractivity contribution in [2.75, 3.05) is 0 Å². The molecule has 0 atom stereocenters.